The Bertz CT molecular complexity index is 509. The first kappa shape index (κ1) is 13.0. The van der Waals surface area contributed by atoms with Crippen molar-refractivity contribution in [1.29, 1.82) is 0 Å². The molecule has 0 spiro atoms. The predicted octanol–water partition coefficient (Wildman–Crippen LogP) is 1.56. The maximum Gasteiger partial charge on any atom is 0.243 e. The van der Waals surface area contributed by atoms with Crippen LogP contribution in [0.5, 0.6) is 0 Å². The van der Waals surface area contributed by atoms with Gasteiger partial charge in [0.2, 0.25) is 5.89 Å². The summed E-state index contributed by atoms with van der Waals surface area (Å²) in [6.45, 7) is 0. The van der Waals surface area contributed by atoms with Gasteiger partial charge < -0.3 is 15.2 Å². The van der Waals surface area contributed by atoms with Gasteiger partial charge >= 0.3 is 0 Å². The molecule has 3 heterocycles. The zero-order valence-electron chi connectivity index (χ0n) is 10.3. The van der Waals surface area contributed by atoms with Crippen LogP contribution in [-0.2, 0) is 6.42 Å². The van der Waals surface area contributed by atoms with Crippen LogP contribution in [0.2, 0.25) is 0 Å². The highest BCUT2D eigenvalue weighted by Gasteiger charge is 2.23. The van der Waals surface area contributed by atoms with Crippen LogP contribution >= 0.6 is 23.5 Å². The van der Waals surface area contributed by atoms with Crippen molar-refractivity contribution in [3.8, 4) is 0 Å². The lowest BCUT2D eigenvalue weighted by molar-refractivity contribution is 0.349. The Morgan fingerprint density at radius 2 is 2.47 bits per heavy atom. The van der Waals surface area contributed by atoms with Crippen LogP contribution in [0.4, 0.5) is 0 Å². The molecule has 2 aromatic rings. The smallest absolute Gasteiger partial charge is 0.243 e. The van der Waals surface area contributed by atoms with E-state index in [9.17, 15) is 0 Å². The third-order valence-corrected chi connectivity index (χ3v) is 5.62. The van der Waals surface area contributed by atoms with Crippen molar-refractivity contribution in [3.63, 3.8) is 0 Å². The molecule has 1 aliphatic heterocycles. The van der Waals surface area contributed by atoms with E-state index in [4.69, 9.17) is 10.3 Å². The van der Waals surface area contributed by atoms with Gasteiger partial charge in [0, 0.05) is 35.6 Å². The number of rotatable bonds is 4. The Labute approximate surface area is 119 Å². The van der Waals surface area contributed by atoms with Crippen molar-refractivity contribution < 1.29 is 4.52 Å². The van der Waals surface area contributed by atoms with Crippen molar-refractivity contribution in [3.05, 3.63) is 29.9 Å². The average Bonchev–Trinajstić information content (AvgIpc) is 3.10. The Morgan fingerprint density at radius 3 is 3.21 bits per heavy atom. The standard InChI is InChI=1S/C11H15N5OS2/c12-8(3-7-4-13-6-14-7)11-15-10(16-17-11)9-5-18-1-2-19-9/h4,6,8-9H,1-3,5,12H2,(H,13,14). The second-order valence-electron chi connectivity index (χ2n) is 4.31. The highest BCUT2D eigenvalue weighted by atomic mass is 32.2. The number of H-pyrrole nitrogens is 1. The van der Waals surface area contributed by atoms with Crippen LogP contribution < -0.4 is 5.73 Å². The first-order valence-electron chi connectivity index (χ1n) is 6.08. The van der Waals surface area contributed by atoms with E-state index < -0.39 is 0 Å². The molecule has 8 heteroatoms. The monoisotopic (exact) mass is 297 g/mol. The van der Waals surface area contributed by atoms with E-state index in [2.05, 4.69) is 20.1 Å². The molecule has 19 heavy (non-hydrogen) atoms. The van der Waals surface area contributed by atoms with Crippen LogP contribution in [-0.4, -0.2) is 37.4 Å². The van der Waals surface area contributed by atoms with E-state index in [-0.39, 0.29) is 6.04 Å². The van der Waals surface area contributed by atoms with Crippen molar-refractivity contribution in [2.75, 3.05) is 17.3 Å². The SMILES string of the molecule is NC(Cc1cnc[nH]1)c1nc(C2CSCCS2)no1. The highest BCUT2D eigenvalue weighted by molar-refractivity contribution is 8.06. The second kappa shape index (κ2) is 5.98. The summed E-state index contributed by atoms with van der Waals surface area (Å²) in [5.74, 6) is 4.65. The molecule has 1 saturated heterocycles. The minimum atomic E-state index is -0.289. The van der Waals surface area contributed by atoms with Gasteiger partial charge in [-0.05, 0) is 0 Å². The molecule has 0 saturated carbocycles. The van der Waals surface area contributed by atoms with E-state index >= 15 is 0 Å². The number of nitrogens with zero attached hydrogens (tertiary/aromatic N) is 3. The molecule has 2 aromatic heterocycles. The topological polar surface area (TPSA) is 93.6 Å². The summed E-state index contributed by atoms with van der Waals surface area (Å²) in [6, 6.07) is -0.289. The molecule has 6 nitrogen and oxygen atoms in total. The lowest BCUT2D eigenvalue weighted by atomic mass is 10.2. The van der Waals surface area contributed by atoms with Crippen LogP contribution in [0.3, 0.4) is 0 Å². The largest absolute Gasteiger partial charge is 0.348 e. The Balaban J connectivity index is 1.66. The fraction of sp³-hybridized carbons (Fsp3) is 0.545. The van der Waals surface area contributed by atoms with E-state index in [1.54, 1.807) is 12.5 Å². The number of hydrogen-bond acceptors (Lipinski definition) is 7. The number of imidazole rings is 1. The van der Waals surface area contributed by atoms with E-state index in [0.29, 0.717) is 17.6 Å². The zero-order valence-corrected chi connectivity index (χ0v) is 11.9. The summed E-state index contributed by atoms with van der Waals surface area (Å²) in [4.78, 5) is 11.4. The summed E-state index contributed by atoms with van der Waals surface area (Å²) in [6.07, 6.45) is 4.01. The van der Waals surface area contributed by atoms with Gasteiger partial charge in [-0.15, -0.1) is 11.8 Å². The molecule has 102 valence electrons. The molecule has 0 bridgehead atoms. The van der Waals surface area contributed by atoms with Gasteiger partial charge in [0.05, 0.1) is 17.6 Å². The maximum atomic E-state index is 6.07. The fourth-order valence-corrected chi connectivity index (χ4v) is 4.48. The van der Waals surface area contributed by atoms with Gasteiger partial charge in [-0.3, -0.25) is 0 Å². The molecule has 0 aromatic carbocycles. The number of nitrogens with one attached hydrogen (secondary N) is 1. The molecule has 1 aliphatic rings. The van der Waals surface area contributed by atoms with Gasteiger partial charge in [0.25, 0.3) is 0 Å². The molecule has 0 amide bonds. The summed E-state index contributed by atoms with van der Waals surface area (Å²) >= 11 is 3.82. The number of nitrogens with two attached hydrogens (primary N) is 1. The molecule has 2 unspecified atom stereocenters. The number of aromatic nitrogens is 4. The van der Waals surface area contributed by atoms with E-state index in [0.717, 1.165) is 23.0 Å². The minimum Gasteiger partial charge on any atom is -0.348 e. The number of hydrogen-bond donors (Lipinski definition) is 2. The molecular formula is C11H15N5OS2. The van der Waals surface area contributed by atoms with Crippen LogP contribution in [0.25, 0.3) is 0 Å². The summed E-state index contributed by atoms with van der Waals surface area (Å²) in [7, 11) is 0. The fourth-order valence-electron chi connectivity index (χ4n) is 1.89. The predicted molar refractivity (Wildman–Crippen MR) is 76.0 cm³/mol. The summed E-state index contributed by atoms with van der Waals surface area (Å²) in [5, 5.41) is 4.39. The normalized spacial score (nSPS) is 21.4. The van der Waals surface area contributed by atoms with Crippen LogP contribution in [0.15, 0.2) is 17.0 Å². The molecule has 3 N–H and O–H groups in total. The maximum absolute atomic E-state index is 6.07. The number of thioether (sulfide) groups is 2. The molecule has 3 rings (SSSR count). The third kappa shape index (κ3) is 3.13. The quantitative estimate of drug-likeness (QED) is 0.884. The number of aromatic amines is 1. The molecule has 0 radical (unpaired) electrons. The van der Waals surface area contributed by atoms with Gasteiger partial charge in [-0.1, -0.05) is 5.16 Å². The van der Waals surface area contributed by atoms with Crippen LogP contribution in [0.1, 0.15) is 28.7 Å². The average molecular weight is 297 g/mol. The third-order valence-electron chi connectivity index (χ3n) is 2.87. The summed E-state index contributed by atoms with van der Waals surface area (Å²) < 4.78 is 5.29. The molecule has 1 fully saturated rings. The molecular weight excluding hydrogens is 282 g/mol. The van der Waals surface area contributed by atoms with E-state index in [1.807, 2.05) is 23.5 Å². The second-order valence-corrected chi connectivity index (χ2v) is 6.77. The van der Waals surface area contributed by atoms with Gasteiger partial charge in [0.1, 0.15) is 0 Å². The van der Waals surface area contributed by atoms with E-state index in [1.165, 1.54) is 5.75 Å². The lowest BCUT2D eigenvalue weighted by Gasteiger charge is -2.17. The van der Waals surface area contributed by atoms with Crippen molar-refractivity contribution in [2.45, 2.75) is 17.7 Å². The van der Waals surface area contributed by atoms with Gasteiger partial charge in [-0.2, -0.15) is 16.7 Å². The Hall–Kier alpha value is -0.990. The Morgan fingerprint density at radius 1 is 1.53 bits per heavy atom. The van der Waals surface area contributed by atoms with Gasteiger partial charge in [0.15, 0.2) is 5.82 Å². The lowest BCUT2D eigenvalue weighted by Crippen LogP contribution is -2.14. The minimum absolute atomic E-state index is 0.289. The zero-order chi connectivity index (χ0) is 13.1. The van der Waals surface area contributed by atoms with Crippen molar-refractivity contribution in [1.82, 2.24) is 20.1 Å². The highest BCUT2D eigenvalue weighted by Crippen LogP contribution is 2.35. The first-order valence-corrected chi connectivity index (χ1v) is 8.29. The molecule has 2 atom stereocenters. The Kier molecular flexibility index (Phi) is 4.09. The van der Waals surface area contributed by atoms with Gasteiger partial charge in [-0.25, -0.2) is 4.98 Å². The van der Waals surface area contributed by atoms with Crippen LogP contribution in [0, 0.1) is 0 Å². The molecule has 0 aliphatic carbocycles. The summed E-state index contributed by atoms with van der Waals surface area (Å²) in [5.41, 5.74) is 7.04. The van der Waals surface area contributed by atoms with Crippen molar-refractivity contribution in [2.24, 2.45) is 5.73 Å². The van der Waals surface area contributed by atoms with Crippen molar-refractivity contribution >= 4 is 23.5 Å². The first-order chi connectivity index (χ1) is 9.33.